The summed E-state index contributed by atoms with van der Waals surface area (Å²) in [5, 5.41) is 14.0. The zero-order chi connectivity index (χ0) is 15.1. The molecule has 0 bridgehead atoms. The van der Waals surface area contributed by atoms with Crippen LogP contribution in [0.1, 0.15) is 24.7 Å². The largest absolute Gasteiger partial charge is 0.481 e. The molecule has 2 heterocycles. The molecule has 6 nitrogen and oxygen atoms in total. The van der Waals surface area contributed by atoms with Crippen LogP contribution in [0.3, 0.4) is 0 Å². The fraction of sp³-hybridized carbons (Fsp3) is 0.615. The molecule has 7 heteroatoms. The van der Waals surface area contributed by atoms with Crippen molar-refractivity contribution in [1.29, 1.82) is 0 Å². The van der Waals surface area contributed by atoms with E-state index in [1.54, 1.807) is 30.4 Å². The summed E-state index contributed by atoms with van der Waals surface area (Å²) in [5.74, 6) is -0.987. The first-order valence-corrected chi connectivity index (χ1v) is 6.83. The lowest BCUT2D eigenvalue weighted by molar-refractivity contribution is -0.147. The Hall–Kier alpha value is -1.56. The topological polar surface area (TPSA) is 75.4 Å². The normalized spacial score (nSPS) is 22.3. The zero-order valence-electron chi connectivity index (χ0n) is 11.8. The maximum Gasteiger partial charge on any atom is 0.311 e. The number of carbonyl (C=O) groups excluding carboxylic acids is 1. The van der Waals surface area contributed by atoms with Crippen LogP contribution in [0.5, 0.6) is 0 Å². The van der Waals surface area contributed by atoms with Crippen LogP contribution >= 0.6 is 11.6 Å². The Labute approximate surface area is 122 Å². The first-order chi connectivity index (χ1) is 9.24. The Morgan fingerprint density at radius 2 is 2.10 bits per heavy atom. The predicted octanol–water partition coefficient (Wildman–Crippen LogP) is 1.48. The second-order valence-corrected chi connectivity index (χ2v) is 5.95. The van der Waals surface area contributed by atoms with E-state index in [0.717, 1.165) is 5.69 Å². The molecule has 1 aliphatic heterocycles. The Morgan fingerprint density at radius 3 is 2.55 bits per heavy atom. The summed E-state index contributed by atoms with van der Waals surface area (Å²) in [7, 11) is 0. The number of hydrogen-bond donors (Lipinski definition) is 1. The number of likely N-dealkylation sites (tertiary alicyclic amines) is 1. The van der Waals surface area contributed by atoms with Crippen molar-refractivity contribution >= 4 is 23.5 Å². The maximum absolute atomic E-state index is 12.2. The highest BCUT2D eigenvalue weighted by atomic mass is 35.5. The van der Waals surface area contributed by atoms with Gasteiger partial charge in [-0.25, -0.2) is 0 Å². The molecular weight excluding hydrogens is 282 g/mol. The number of nitrogens with zero attached hydrogens (tertiary/aromatic N) is 3. The van der Waals surface area contributed by atoms with Crippen molar-refractivity contribution in [3.63, 3.8) is 0 Å². The molecule has 0 unspecified atom stereocenters. The fourth-order valence-electron chi connectivity index (χ4n) is 2.41. The van der Waals surface area contributed by atoms with Gasteiger partial charge in [0.2, 0.25) is 5.91 Å². The van der Waals surface area contributed by atoms with Gasteiger partial charge < -0.3 is 10.0 Å². The third kappa shape index (κ3) is 2.52. The van der Waals surface area contributed by atoms with Gasteiger partial charge in [0.05, 0.1) is 21.8 Å². The van der Waals surface area contributed by atoms with Gasteiger partial charge in [0.1, 0.15) is 6.54 Å². The predicted molar refractivity (Wildman–Crippen MR) is 73.7 cm³/mol. The molecule has 1 atom stereocenters. The lowest BCUT2D eigenvalue weighted by Gasteiger charge is -2.20. The lowest BCUT2D eigenvalue weighted by Crippen LogP contribution is -2.36. The van der Waals surface area contributed by atoms with Crippen LogP contribution in [0.25, 0.3) is 0 Å². The summed E-state index contributed by atoms with van der Waals surface area (Å²) >= 11 is 6.04. The van der Waals surface area contributed by atoms with Gasteiger partial charge in [-0.1, -0.05) is 11.6 Å². The third-order valence-corrected chi connectivity index (χ3v) is 4.47. The van der Waals surface area contributed by atoms with E-state index >= 15 is 0 Å². The van der Waals surface area contributed by atoms with E-state index < -0.39 is 11.4 Å². The summed E-state index contributed by atoms with van der Waals surface area (Å²) in [4.78, 5) is 25.0. The number of carbonyl (C=O) groups is 2. The molecule has 0 aliphatic carbocycles. The molecule has 0 aromatic carbocycles. The first-order valence-electron chi connectivity index (χ1n) is 6.45. The van der Waals surface area contributed by atoms with Crippen molar-refractivity contribution in [2.75, 3.05) is 13.1 Å². The van der Waals surface area contributed by atoms with Gasteiger partial charge in [0, 0.05) is 13.1 Å². The summed E-state index contributed by atoms with van der Waals surface area (Å²) in [5.41, 5.74) is 0.592. The molecule has 0 saturated carbocycles. The Kier molecular flexibility index (Phi) is 3.77. The number of aromatic nitrogens is 2. The monoisotopic (exact) mass is 299 g/mol. The molecule has 1 aromatic rings. The van der Waals surface area contributed by atoms with Crippen LogP contribution in [0.2, 0.25) is 5.02 Å². The minimum atomic E-state index is -0.859. The summed E-state index contributed by atoms with van der Waals surface area (Å²) < 4.78 is 1.57. The number of amides is 1. The van der Waals surface area contributed by atoms with E-state index in [9.17, 15) is 14.7 Å². The van der Waals surface area contributed by atoms with Gasteiger partial charge >= 0.3 is 5.97 Å². The second-order valence-electron chi connectivity index (χ2n) is 5.57. The number of aliphatic carboxylic acids is 1. The van der Waals surface area contributed by atoms with Crippen molar-refractivity contribution in [3.8, 4) is 0 Å². The molecule has 1 amide bonds. The van der Waals surface area contributed by atoms with E-state index in [4.69, 9.17) is 11.6 Å². The molecule has 1 N–H and O–H groups in total. The van der Waals surface area contributed by atoms with Gasteiger partial charge in [-0.15, -0.1) is 0 Å². The molecule has 1 fully saturated rings. The quantitative estimate of drug-likeness (QED) is 0.917. The van der Waals surface area contributed by atoms with Crippen LogP contribution in [-0.2, 0) is 16.1 Å². The molecule has 0 spiro atoms. The number of carboxylic acid groups (broad SMARTS) is 1. The average molecular weight is 300 g/mol. The van der Waals surface area contributed by atoms with E-state index in [0.29, 0.717) is 23.7 Å². The molecule has 1 saturated heterocycles. The van der Waals surface area contributed by atoms with Crippen molar-refractivity contribution < 1.29 is 14.7 Å². The fourth-order valence-corrected chi connectivity index (χ4v) is 2.54. The van der Waals surface area contributed by atoms with Crippen molar-refractivity contribution in [3.05, 3.63) is 16.4 Å². The van der Waals surface area contributed by atoms with E-state index in [2.05, 4.69) is 5.10 Å². The van der Waals surface area contributed by atoms with Crippen molar-refractivity contribution in [2.45, 2.75) is 33.7 Å². The van der Waals surface area contributed by atoms with E-state index in [-0.39, 0.29) is 19.0 Å². The van der Waals surface area contributed by atoms with Crippen LogP contribution in [0.4, 0.5) is 0 Å². The number of halogens is 1. The molecule has 110 valence electrons. The highest BCUT2D eigenvalue weighted by Crippen LogP contribution is 2.30. The van der Waals surface area contributed by atoms with Gasteiger partial charge in [-0.05, 0) is 27.2 Å². The smallest absolute Gasteiger partial charge is 0.311 e. The minimum absolute atomic E-state index is 0.0924. The van der Waals surface area contributed by atoms with Gasteiger partial charge in [-0.3, -0.25) is 14.3 Å². The highest BCUT2D eigenvalue weighted by molar-refractivity contribution is 6.31. The van der Waals surface area contributed by atoms with E-state index in [1.807, 2.05) is 0 Å². The Bertz CT molecular complexity index is 569. The summed E-state index contributed by atoms with van der Waals surface area (Å²) in [6.45, 7) is 6.06. The van der Waals surface area contributed by atoms with Gasteiger partial charge in [0.15, 0.2) is 0 Å². The van der Waals surface area contributed by atoms with Crippen LogP contribution in [0.15, 0.2) is 0 Å². The maximum atomic E-state index is 12.2. The van der Waals surface area contributed by atoms with Crippen LogP contribution in [0, 0.1) is 19.3 Å². The van der Waals surface area contributed by atoms with E-state index in [1.165, 1.54) is 0 Å². The summed E-state index contributed by atoms with van der Waals surface area (Å²) in [6.07, 6.45) is 0.478. The van der Waals surface area contributed by atoms with Crippen molar-refractivity contribution in [1.82, 2.24) is 14.7 Å². The molecular formula is C13H18ClN3O3. The molecule has 0 radical (unpaired) electrons. The molecule has 2 rings (SSSR count). The Balaban J connectivity index is 2.07. The number of rotatable bonds is 3. The zero-order valence-corrected chi connectivity index (χ0v) is 12.6. The first kappa shape index (κ1) is 14.8. The SMILES string of the molecule is Cc1nn(CC(=O)N2CC[C@@](C)(C(=O)O)C2)c(C)c1Cl. The Morgan fingerprint density at radius 1 is 1.45 bits per heavy atom. The molecule has 1 aliphatic rings. The minimum Gasteiger partial charge on any atom is -0.481 e. The summed E-state index contributed by atoms with van der Waals surface area (Å²) in [6, 6.07) is 0. The average Bonchev–Trinajstić information content (AvgIpc) is 2.89. The number of aryl methyl sites for hydroxylation is 1. The number of carboxylic acids is 1. The van der Waals surface area contributed by atoms with Crippen LogP contribution < -0.4 is 0 Å². The number of hydrogen-bond acceptors (Lipinski definition) is 3. The van der Waals surface area contributed by atoms with Crippen LogP contribution in [-0.4, -0.2) is 44.8 Å². The third-order valence-electron chi connectivity index (χ3n) is 3.92. The standard InChI is InChI=1S/C13H18ClN3O3/c1-8-11(14)9(2)17(15-8)6-10(18)16-5-4-13(3,7-16)12(19)20/h4-7H2,1-3H3,(H,19,20)/t13-/m1/s1. The lowest BCUT2D eigenvalue weighted by atomic mass is 9.90. The molecule has 20 heavy (non-hydrogen) atoms. The van der Waals surface area contributed by atoms with Gasteiger partial charge in [-0.2, -0.15) is 5.10 Å². The van der Waals surface area contributed by atoms with Crippen molar-refractivity contribution in [2.24, 2.45) is 5.41 Å². The van der Waals surface area contributed by atoms with Gasteiger partial charge in [0.25, 0.3) is 0 Å². The molecule has 1 aromatic heterocycles. The second kappa shape index (κ2) is 5.09. The highest BCUT2D eigenvalue weighted by Gasteiger charge is 2.42.